The van der Waals surface area contributed by atoms with Crippen LogP contribution < -0.4 is 10.2 Å². The van der Waals surface area contributed by atoms with E-state index in [-0.39, 0.29) is 0 Å². The van der Waals surface area contributed by atoms with Gasteiger partial charge in [-0.25, -0.2) is 0 Å². The number of halogens is 1. The highest BCUT2D eigenvalue weighted by molar-refractivity contribution is 6.31. The molecule has 0 unspecified atom stereocenters. The molecule has 1 saturated heterocycles. The van der Waals surface area contributed by atoms with Crippen molar-refractivity contribution >= 4 is 17.3 Å². The minimum atomic E-state index is 0.873. The van der Waals surface area contributed by atoms with Crippen molar-refractivity contribution in [3.63, 3.8) is 0 Å². The second-order valence-electron chi connectivity index (χ2n) is 4.33. The first-order valence-corrected chi connectivity index (χ1v) is 6.37. The maximum Gasteiger partial charge on any atom is 0.0455 e. The van der Waals surface area contributed by atoms with Crippen LogP contribution in [0.3, 0.4) is 0 Å². The molecule has 88 valence electrons. The third-order valence-electron chi connectivity index (χ3n) is 3.14. The predicted octanol–water partition coefficient (Wildman–Crippen LogP) is 2.84. The van der Waals surface area contributed by atoms with Crippen molar-refractivity contribution in [3.8, 4) is 0 Å². The number of anilines is 1. The Morgan fingerprint density at radius 2 is 1.88 bits per heavy atom. The largest absolute Gasteiger partial charge is 0.371 e. The topological polar surface area (TPSA) is 15.3 Å². The van der Waals surface area contributed by atoms with Gasteiger partial charge in [0, 0.05) is 23.8 Å². The molecule has 0 bridgehead atoms. The minimum absolute atomic E-state index is 0.873. The molecule has 1 aliphatic heterocycles. The number of rotatable bonds is 1. The smallest absolute Gasteiger partial charge is 0.0455 e. The molecule has 0 atom stereocenters. The van der Waals surface area contributed by atoms with Gasteiger partial charge in [-0.05, 0) is 50.6 Å². The third kappa shape index (κ3) is 2.69. The summed E-state index contributed by atoms with van der Waals surface area (Å²) in [6.45, 7) is 6.59. The molecule has 0 saturated carbocycles. The van der Waals surface area contributed by atoms with Crippen molar-refractivity contribution < 1.29 is 0 Å². The Bertz CT molecular complexity index is 344. The van der Waals surface area contributed by atoms with Crippen LogP contribution in [0.1, 0.15) is 18.4 Å². The van der Waals surface area contributed by atoms with Crippen LogP contribution in [0.4, 0.5) is 5.69 Å². The van der Waals surface area contributed by atoms with Crippen molar-refractivity contribution in [1.29, 1.82) is 0 Å². The molecule has 1 aromatic carbocycles. The Labute approximate surface area is 103 Å². The lowest BCUT2D eigenvalue weighted by Gasteiger charge is -2.28. The SMILES string of the molecule is Cc1c(Cl)cccc1N1CCCNCCC1. The molecular weight excluding hydrogens is 220 g/mol. The molecule has 1 aliphatic rings. The molecule has 2 rings (SSSR count). The molecule has 0 amide bonds. The number of benzene rings is 1. The Kier molecular flexibility index (Phi) is 4.08. The first kappa shape index (κ1) is 11.7. The molecule has 1 aromatic rings. The van der Waals surface area contributed by atoms with Gasteiger partial charge in [0.15, 0.2) is 0 Å². The van der Waals surface area contributed by atoms with Crippen LogP contribution in [0.25, 0.3) is 0 Å². The van der Waals surface area contributed by atoms with Gasteiger partial charge in [-0.2, -0.15) is 0 Å². The summed E-state index contributed by atoms with van der Waals surface area (Å²) in [6, 6.07) is 6.18. The molecule has 0 radical (unpaired) electrons. The normalized spacial score (nSPS) is 18.0. The van der Waals surface area contributed by atoms with Crippen molar-refractivity contribution in [3.05, 3.63) is 28.8 Å². The van der Waals surface area contributed by atoms with Gasteiger partial charge in [0.2, 0.25) is 0 Å². The summed E-state index contributed by atoms with van der Waals surface area (Å²) in [5.74, 6) is 0. The van der Waals surface area contributed by atoms with Crippen LogP contribution in [-0.2, 0) is 0 Å². The van der Waals surface area contributed by atoms with Gasteiger partial charge < -0.3 is 10.2 Å². The van der Waals surface area contributed by atoms with E-state index >= 15 is 0 Å². The van der Waals surface area contributed by atoms with Gasteiger partial charge in [-0.3, -0.25) is 0 Å². The number of hydrogen-bond acceptors (Lipinski definition) is 2. The van der Waals surface area contributed by atoms with E-state index in [1.54, 1.807) is 0 Å². The lowest BCUT2D eigenvalue weighted by Crippen LogP contribution is -2.34. The standard InChI is InChI=1S/C13H19ClN2/c1-11-12(14)5-2-6-13(11)16-9-3-7-15-8-4-10-16/h2,5-6,15H,3-4,7-10H2,1H3. The number of nitrogens with one attached hydrogen (secondary N) is 1. The average Bonchev–Trinajstić information content (AvgIpc) is 2.23. The molecule has 0 aliphatic carbocycles. The Morgan fingerprint density at radius 1 is 1.19 bits per heavy atom. The van der Waals surface area contributed by atoms with Gasteiger partial charge in [0.1, 0.15) is 0 Å². The van der Waals surface area contributed by atoms with Crippen LogP contribution in [-0.4, -0.2) is 26.2 Å². The fraction of sp³-hybridized carbons (Fsp3) is 0.538. The highest BCUT2D eigenvalue weighted by Crippen LogP contribution is 2.26. The second kappa shape index (κ2) is 5.55. The summed E-state index contributed by atoms with van der Waals surface area (Å²) in [5.41, 5.74) is 2.51. The Morgan fingerprint density at radius 3 is 2.56 bits per heavy atom. The monoisotopic (exact) mass is 238 g/mol. The van der Waals surface area contributed by atoms with E-state index in [4.69, 9.17) is 11.6 Å². The predicted molar refractivity (Wildman–Crippen MR) is 70.5 cm³/mol. The van der Waals surface area contributed by atoms with Crippen LogP contribution in [0.5, 0.6) is 0 Å². The van der Waals surface area contributed by atoms with E-state index in [1.165, 1.54) is 24.1 Å². The lowest BCUT2D eigenvalue weighted by molar-refractivity contribution is 0.567. The van der Waals surface area contributed by atoms with E-state index < -0.39 is 0 Å². The first-order valence-electron chi connectivity index (χ1n) is 6.00. The van der Waals surface area contributed by atoms with Crippen LogP contribution in [0.2, 0.25) is 5.02 Å². The van der Waals surface area contributed by atoms with E-state index in [0.717, 1.165) is 31.2 Å². The maximum atomic E-state index is 6.17. The highest BCUT2D eigenvalue weighted by atomic mass is 35.5. The van der Waals surface area contributed by atoms with Crippen molar-refractivity contribution in [2.24, 2.45) is 0 Å². The van der Waals surface area contributed by atoms with Crippen molar-refractivity contribution in [2.75, 3.05) is 31.1 Å². The zero-order valence-electron chi connectivity index (χ0n) is 9.80. The van der Waals surface area contributed by atoms with Gasteiger partial charge >= 0.3 is 0 Å². The zero-order chi connectivity index (χ0) is 11.4. The fourth-order valence-electron chi connectivity index (χ4n) is 2.21. The van der Waals surface area contributed by atoms with Gasteiger partial charge in [0.05, 0.1) is 0 Å². The van der Waals surface area contributed by atoms with Gasteiger partial charge in [0.25, 0.3) is 0 Å². The molecule has 0 spiro atoms. The molecular formula is C13H19ClN2. The summed E-state index contributed by atoms with van der Waals surface area (Å²) >= 11 is 6.17. The second-order valence-corrected chi connectivity index (χ2v) is 4.74. The summed E-state index contributed by atoms with van der Waals surface area (Å²) in [5, 5.41) is 4.31. The van der Waals surface area contributed by atoms with E-state index in [1.807, 2.05) is 12.1 Å². The fourth-order valence-corrected chi connectivity index (χ4v) is 2.38. The molecule has 1 N–H and O–H groups in total. The van der Waals surface area contributed by atoms with E-state index in [2.05, 4.69) is 23.2 Å². The van der Waals surface area contributed by atoms with Gasteiger partial charge in [-0.15, -0.1) is 0 Å². The van der Waals surface area contributed by atoms with E-state index in [0.29, 0.717) is 0 Å². The molecule has 1 heterocycles. The quantitative estimate of drug-likeness (QED) is 0.810. The Hall–Kier alpha value is -0.730. The third-order valence-corrected chi connectivity index (χ3v) is 3.55. The van der Waals surface area contributed by atoms with Gasteiger partial charge in [-0.1, -0.05) is 17.7 Å². The lowest BCUT2D eigenvalue weighted by atomic mass is 10.1. The summed E-state index contributed by atoms with van der Waals surface area (Å²) < 4.78 is 0. The van der Waals surface area contributed by atoms with E-state index in [9.17, 15) is 0 Å². The van der Waals surface area contributed by atoms with Crippen LogP contribution in [0, 0.1) is 6.92 Å². The zero-order valence-corrected chi connectivity index (χ0v) is 10.6. The summed E-state index contributed by atoms with van der Waals surface area (Å²) in [6.07, 6.45) is 2.40. The van der Waals surface area contributed by atoms with Crippen molar-refractivity contribution in [2.45, 2.75) is 19.8 Å². The molecule has 1 fully saturated rings. The van der Waals surface area contributed by atoms with Crippen LogP contribution in [0.15, 0.2) is 18.2 Å². The summed E-state index contributed by atoms with van der Waals surface area (Å²) in [7, 11) is 0. The maximum absolute atomic E-state index is 6.17. The Balaban J connectivity index is 2.17. The highest BCUT2D eigenvalue weighted by Gasteiger charge is 2.11. The molecule has 3 heteroatoms. The first-order chi connectivity index (χ1) is 7.79. The van der Waals surface area contributed by atoms with Crippen LogP contribution >= 0.6 is 11.6 Å². The molecule has 16 heavy (non-hydrogen) atoms. The average molecular weight is 239 g/mol. The molecule has 0 aromatic heterocycles. The summed E-state index contributed by atoms with van der Waals surface area (Å²) in [4.78, 5) is 2.46. The molecule has 2 nitrogen and oxygen atoms in total. The van der Waals surface area contributed by atoms with Crippen molar-refractivity contribution in [1.82, 2.24) is 5.32 Å². The number of nitrogens with zero attached hydrogens (tertiary/aromatic N) is 1. The number of hydrogen-bond donors (Lipinski definition) is 1. The minimum Gasteiger partial charge on any atom is -0.371 e.